The molecule has 1 N–H and O–H groups in total. The van der Waals surface area contributed by atoms with E-state index >= 15 is 0 Å². The number of ether oxygens (including phenoxy) is 1. The molecule has 1 aliphatic carbocycles. The molecule has 1 aliphatic rings. The Balaban J connectivity index is 2.08. The summed E-state index contributed by atoms with van der Waals surface area (Å²) < 4.78 is 6.10. The fourth-order valence-corrected chi connectivity index (χ4v) is 2.49. The fourth-order valence-electron chi connectivity index (χ4n) is 2.49. The molecule has 0 aliphatic heterocycles. The van der Waals surface area contributed by atoms with Crippen LogP contribution in [0.1, 0.15) is 30.4 Å². The highest BCUT2D eigenvalue weighted by atomic mass is 16.5. The minimum absolute atomic E-state index is 0.339. The molecule has 2 rings (SSSR count). The van der Waals surface area contributed by atoms with Gasteiger partial charge in [-0.2, -0.15) is 0 Å². The molecule has 1 aromatic carbocycles. The van der Waals surface area contributed by atoms with Crippen molar-refractivity contribution in [2.24, 2.45) is 0 Å². The van der Waals surface area contributed by atoms with Crippen LogP contribution in [0.5, 0.6) is 5.75 Å². The van der Waals surface area contributed by atoms with Crippen molar-refractivity contribution in [2.45, 2.75) is 45.3 Å². The maximum absolute atomic E-state index is 6.10. The van der Waals surface area contributed by atoms with Crippen LogP contribution in [0.2, 0.25) is 0 Å². The summed E-state index contributed by atoms with van der Waals surface area (Å²) in [6, 6.07) is 6.90. The zero-order valence-corrected chi connectivity index (χ0v) is 10.4. The van der Waals surface area contributed by atoms with Crippen molar-refractivity contribution in [2.75, 3.05) is 7.05 Å². The molecular formula is C14H21NO. The lowest BCUT2D eigenvalue weighted by atomic mass is 10.1. The Hall–Kier alpha value is -1.02. The van der Waals surface area contributed by atoms with E-state index in [-0.39, 0.29) is 0 Å². The van der Waals surface area contributed by atoms with Crippen molar-refractivity contribution in [3.8, 4) is 5.75 Å². The minimum atomic E-state index is 0.339. The largest absolute Gasteiger partial charge is 0.489 e. The second-order valence-electron chi connectivity index (χ2n) is 4.75. The Morgan fingerprint density at radius 2 is 2.06 bits per heavy atom. The molecule has 0 amide bonds. The third-order valence-corrected chi connectivity index (χ3v) is 3.43. The molecule has 0 aromatic heterocycles. The Morgan fingerprint density at radius 3 is 2.75 bits per heavy atom. The van der Waals surface area contributed by atoms with E-state index in [0.717, 1.165) is 5.75 Å². The number of nitrogens with one attached hydrogen (secondary N) is 1. The summed E-state index contributed by atoms with van der Waals surface area (Å²) in [6.45, 7) is 4.23. The number of likely N-dealkylation sites (N-methyl/N-ethyl adjacent to an activating group) is 1. The van der Waals surface area contributed by atoms with Crippen LogP contribution in [0.3, 0.4) is 0 Å². The van der Waals surface area contributed by atoms with E-state index in [9.17, 15) is 0 Å². The topological polar surface area (TPSA) is 21.3 Å². The predicted octanol–water partition coefficient (Wildman–Crippen LogP) is 2.82. The third kappa shape index (κ3) is 2.38. The summed E-state index contributed by atoms with van der Waals surface area (Å²) in [5.74, 6) is 1.04. The molecule has 0 saturated heterocycles. The second-order valence-corrected chi connectivity index (χ2v) is 4.75. The van der Waals surface area contributed by atoms with Crippen LogP contribution in [0.4, 0.5) is 0 Å². The monoisotopic (exact) mass is 219 g/mol. The molecule has 2 heteroatoms. The van der Waals surface area contributed by atoms with Crippen molar-refractivity contribution in [1.29, 1.82) is 0 Å². The van der Waals surface area contributed by atoms with Crippen LogP contribution < -0.4 is 10.1 Å². The Labute approximate surface area is 98.0 Å². The summed E-state index contributed by atoms with van der Waals surface area (Å²) in [7, 11) is 2.02. The average molecular weight is 219 g/mol. The lowest BCUT2D eigenvalue weighted by Crippen LogP contribution is -2.36. The van der Waals surface area contributed by atoms with E-state index in [1.165, 1.54) is 30.4 Å². The molecule has 2 atom stereocenters. The van der Waals surface area contributed by atoms with E-state index in [0.29, 0.717) is 12.1 Å². The van der Waals surface area contributed by atoms with Crippen LogP contribution >= 0.6 is 0 Å². The molecule has 0 heterocycles. The van der Waals surface area contributed by atoms with Gasteiger partial charge in [0.1, 0.15) is 11.9 Å². The minimum Gasteiger partial charge on any atom is -0.489 e. The summed E-state index contributed by atoms with van der Waals surface area (Å²) in [6.07, 6.45) is 4.00. The standard InChI is InChI=1S/C14H21NO/c1-10-7-8-13(11(2)9-10)16-14-6-4-5-12(14)15-3/h7-9,12,14-15H,4-6H2,1-3H3. The Morgan fingerprint density at radius 1 is 1.25 bits per heavy atom. The zero-order chi connectivity index (χ0) is 11.5. The third-order valence-electron chi connectivity index (χ3n) is 3.43. The first-order valence-electron chi connectivity index (χ1n) is 6.12. The number of hydrogen-bond acceptors (Lipinski definition) is 2. The first kappa shape index (κ1) is 11.5. The van der Waals surface area contributed by atoms with Gasteiger partial charge in [-0.25, -0.2) is 0 Å². The Bertz CT molecular complexity index is 362. The van der Waals surface area contributed by atoms with Gasteiger partial charge < -0.3 is 10.1 Å². The van der Waals surface area contributed by atoms with Gasteiger partial charge in [0.05, 0.1) is 0 Å². The maximum atomic E-state index is 6.10. The molecule has 1 saturated carbocycles. The summed E-state index contributed by atoms with van der Waals surface area (Å²) in [4.78, 5) is 0. The lowest BCUT2D eigenvalue weighted by molar-refractivity contribution is 0.178. The molecule has 0 spiro atoms. The molecule has 2 nitrogen and oxygen atoms in total. The first-order valence-corrected chi connectivity index (χ1v) is 6.12. The highest BCUT2D eigenvalue weighted by Gasteiger charge is 2.27. The van der Waals surface area contributed by atoms with E-state index in [4.69, 9.17) is 4.74 Å². The number of benzene rings is 1. The second kappa shape index (κ2) is 4.88. The van der Waals surface area contributed by atoms with Gasteiger partial charge >= 0.3 is 0 Å². The molecule has 2 unspecified atom stereocenters. The van der Waals surface area contributed by atoms with Crippen LogP contribution in [0.15, 0.2) is 18.2 Å². The molecule has 1 aromatic rings. The molecule has 88 valence electrons. The van der Waals surface area contributed by atoms with Gasteiger partial charge in [-0.05, 0) is 51.8 Å². The SMILES string of the molecule is CNC1CCCC1Oc1ccc(C)cc1C. The van der Waals surface area contributed by atoms with E-state index in [1.54, 1.807) is 0 Å². The molecule has 0 radical (unpaired) electrons. The zero-order valence-electron chi connectivity index (χ0n) is 10.4. The lowest BCUT2D eigenvalue weighted by Gasteiger charge is -2.22. The van der Waals surface area contributed by atoms with Crippen LogP contribution in [0, 0.1) is 13.8 Å². The highest BCUT2D eigenvalue weighted by Crippen LogP contribution is 2.27. The quantitative estimate of drug-likeness (QED) is 0.844. The Kier molecular flexibility index (Phi) is 3.49. The first-order chi connectivity index (χ1) is 7.70. The van der Waals surface area contributed by atoms with E-state index < -0.39 is 0 Å². The normalized spacial score (nSPS) is 24.7. The maximum Gasteiger partial charge on any atom is 0.122 e. The fraction of sp³-hybridized carbons (Fsp3) is 0.571. The smallest absolute Gasteiger partial charge is 0.122 e. The van der Waals surface area contributed by atoms with Gasteiger partial charge in [0.2, 0.25) is 0 Å². The molecule has 16 heavy (non-hydrogen) atoms. The summed E-state index contributed by atoms with van der Waals surface area (Å²) in [5.41, 5.74) is 2.53. The molecule has 1 fully saturated rings. The predicted molar refractivity (Wildman–Crippen MR) is 67.0 cm³/mol. The van der Waals surface area contributed by atoms with Gasteiger partial charge in [0.25, 0.3) is 0 Å². The number of aryl methyl sites for hydroxylation is 2. The van der Waals surface area contributed by atoms with Crippen molar-refractivity contribution in [1.82, 2.24) is 5.32 Å². The molecule has 0 bridgehead atoms. The highest BCUT2D eigenvalue weighted by molar-refractivity contribution is 5.35. The number of rotatable bonds is 3. The van der Waals surface area contributed by atoms with Crippen molar-refractivity contribution in [3.63, 3.8) is 0 Å². The van der Waals surface area contributed by atoms with Crippen LogP contribution in [0.25, 0.3) is 0 Å². The van der Waals surface area contributed by atoms with Crippen molar-refractivity contribution < 1.29 is 4.74 Å². The average Bonchev–Trinajstić information content (AvgIpc) is 2.69. The van der Waals surface area contributed by atoms with Crippen molar-refractivity contribution in [3.05, 3.63) is 29.3 Å². The van der Waals surface area contributed by atoms with Crippen LogP contribution in [-0.4, -0.2) is 19.2 Å². The van der Waals surface area contributed by atoms with Gasteiger partial charge in [-0.15, -0.1) is 0 Å². The van der Waals surface area contributed by atoms with Gasteiger partial charge in [-0.1, -0.05) is 17.7 Å². The number of hydrogen-bond donors (Lipinski definition) is 1. The van der Waals surface area contributed by atoms with E-state index in [1.807, 2.05) is 7.05 Å². The van der Waals surface area contributed by atoms with E-state index in [2.05, 4.69) is 37.4 Å². The summed E-state index contributed by atoms with van der Waals surface area (Å²) in [5, 5.41) is 3.34. The van der Waals surface area contributed by atoms with Gasteiger partial charge in [0, 0.05) is 6.04 Å². The summed E-state index contributed by atoms with van der Waals surface area (Å²) >= 11 is 0. The molecular weight excluding hydrogens is 198 g/mol. The van der Waals surface area contributed by atoms with Gasteiger partial charge in [0.15, 0.2) is 0 Å². The van der Waals surface area contributed by atoms with Gasteiger partial charge in [-0.3, -0.25) is 0 Å². The van der Waals surface area contributed by atoms with Crippen molar-refractivity contribution >= 4 is 0 Å². The van der Waals surface area contributed by atoms with Crippen LogP contribution in [-0.2, 0) is 0 Å².